The number of likely N-dealkylation sites (N-methyl/N-ethyl adjacent to an activating group) is 1. The number of thiophene rings is 1. The van der Waals surface area contributed by atoms with Crippen molar-refractivity contribution in [1.82, 2.24) is 4.90 Å². The summed E-state index contributed by atoms with van der Waals surface area (Å²) in [4.78, 5) is 15.1. The van der Waals surface area contributed by atoms with Crippen molar-refractivity contribution in [3.63, 3.8) is 0 Å². The van der Waals surface area contributed by atoms with E-state index >= 15 is 0 Å². The fourth-order valence-corrected chi connectivity index (χ4v) is 2.74. The highest BCUT2D eigenvalue weighted by molar-refractivity contribution is 7.09. The van der Waals surface area contributed by atoms with Crippen LogP contribution in [0.25, 0.3) is 0 Å². The van der Waals surface area contributed by atoms with Crippen LogP contribution in [0.4, 0.5) is 5.69 Å². The van der Waals surface area contributed by atoms with Gasteiger partial charge in [-0.15, -0.1) is 11.3 Å². The number of carbonyl (C=O) groups is 1. The third-order valence-corrected chi connectivity index (χ3v) is 4.27. The van der Waals surface area contributed by atoms with Crippen molar-refractivity contribution in [3.8, 4) is 5.75 Å². The normalized spacial score (nSPS) is 11.9. The van der Waals surface area contributed by atoms with Crippen LogP contribution in [0.3, 0.4) is 0 Å². The molecule has 2 rings (SSSR count). The Morgan fingerprint density at radius 1 is 1.33 bits per heavy atom. The van der Waals surface area contributed by atoms with Gasteiger partial charge in [0, 0.05) is 30.1 Å². The van der Waals surface area contributed by atoms with Crippen LogP contribution in [-0.4, -0.2) is 30.5 Å². The second kappa shape index (κ2) is 7.13. The lowest BCUT2D eigenvalue weighted by Gasteiger charge is -2.24. The summed E-state index contributed by atoms with van der Waals surface area (Å²) in [6, 6.07) is 11.3. The highest BCUT2D eigenvalue weighted by Crippen LogP contribution is 2.15. The van der Waals surface area contributed by atoms with Crippen LogP contribution < -0.4 is 10.5 Å². The van der Waals surface area contributed by atoms with E-state index in [-0.39, 0.29) is 18.6 Å². The van der Waals surface area contributed by atoms with Gasteiger partial charge in [0.1, 0.15) is 5.75 Å². The summed E-state index contributed by atoms with van der Waals surface area (Å²) in [5.41, 5.74) is 6.28. The maximum atomic E-state index is 12.1. The molecule has 0 radical (unpaired) electrons. The number of nitrogen functional groups attached to an aromatic ring is 1. The maximum absolute atomic E-state index is 12.1. The first-order valence-corrected chi connectivity index (χ1v) is 7.70. The minimum absolute atomic E-state index is 0.0316. The van der Waals surface area contributed by atoms with Crippen molar-refractivity contribution in [2.75, 3.05) is 19.4 Å². The van der Waals surface area contributed by atoms with E-state index in [0.717, 1.165) is 6.42 Å². The van der Waals surface area contributed by atoms with Gasteiger partial charge in [-0.1, -0.05) is 6.07 Å². The predicted molar refractivity (Wildman–Crippen MR) is 86.6 cm³/mol. The number of ether oxygens (including phenoxy) is 1. The summed E-state index contributed by atoms with van der Waals surface area (Å²) in [5, 5.41) is 2.05. The van der Waals surface area contributed by atoms with Gasteiger partial charge in [0.15, 0.2) is 6.61 Å². The van der Waals surface area contributed by atoms with Gasteiger partial charge in [0.25, 0.3) is 5.91 Å². The van der Waals surface area contributed by atoms with Gasteiger partial charge in [0.2, 0.25) is 0 Å². The predicted octanol–water partition coefficient (Wildman–Crippen LogP) is 2.80. The Bertz CT molecular complexity index is 566. The van der Waals surface area contributed by atoms with E-state index in [0.29, 0.717) is 11.4 Å². The second-order valence-corrected chi connectivity index (χ2v) is 6.03. The van der Waals surface area contributed by atoms with Gasteiger partial charge >= 0.3 is 0 Å². The Morgan fingerprint density at radius 2 is 2.05 bits per heavy atom. The molecule has 0 aliphatic heterocycles. The molecular formula is C16H20N2O2S. The fourth-order valence-electron chi connectivity index (χ4n) is 1.91. The molecule has 0 bridgehead atoms. The first-order chi connectivity index (χ1) is 10.1. The maximum Gasteiger partial charge on any atom is 0.260 e. The number of hydrogen-bond acceptors (Lipinski definition) is 4. The standard InChI is InChI=1S/C16H20N2O2S/c1-12(10-15-4-3-9-21-15)18(2)16(19)11-20-14-7-5-13(17)6-8-14/h3-9,12H,10-11,17H2,1-2H3. The molecule has 1 unspecified atom stereocenters. The molecule has 1 atom stereocenters. The number of anilines is 1. The highest BCUT2D eigenvalue weighted by Gasteiger charge is 2.17. The number of carbonyl (C=O) groups excluding carboxylic acids is 1. The highest BCUT2D eigenvalue weighted by atomic mass is 32.1. The Morgan fingerprint density at radius 3 is 2.67 bits per heavy atom. The molecule has 4 nitrogen and oxygen atoms in total. The average molecular weight is 304 g/mol. The summed E-state index contributed by atoms with van der Waals surface area (Å²) in [6.07, 6.45) is 0.863. The Kier molecular flexibility index (Phi) is 5.22. The van der Waals surface area contributed by atoms with Crippen LogP contribution in [0.1, 0.15) is 11.8 Å². The first kappa shape index (κ1) is 15.4. The van der Waals surface area contributed by atoms with Crippen LogP contribution in [0, 0.1) is 0 Å². The van der Waals surface area contributed by atoms with E-state index in [1.165, 1.54) is 4.88 Å². The molecule has 1 aromatic heterocycles. The Balaban J connectivity index is 1.83. The lowest BCUT2D eigenvalue weighted by molar-refractivity contribution is -0.133. The van der Waals surface area contributed by atoms with Gasteiger partial charge in [-0.2, -0.15) is 0 Å². The Labute approximate surface area is 129 Å². The third-order valence-electron chi connectivity index (χ3n) is 3.37. The monoisotopic (exact) mass is 304 g/mol. The van der Waals surface area contributed by atoms with Gasteiger partial charge < -0.3 is 15.4 Å². The SMILES string of the molecule is CC(Cc1cccs1)N(C)C(=O)COc1ccc(N)cc1. The number of hydrogen-bond donors (Lipinski definition) is 1. The molecule has 0 aliphatic carbocycles. The van der Waals surface area contributed by atoms with E-state index in [9.17, 15) is 4.79 Å². The van der Waals surface area contributed by atoms with E-state index in [2.05, 4.69) is 6.07 Å². The number of nitrogens with zero attached hydrogens (tertiary/aromatic N) is 1. The molecule has 0 spiro atoms. The molecule has 0 saturated heterocycles. The molecule has 112 valence electrons. The van der Waals surface area contributed by atoms with Crippen LogP contribution >= 0.6 is 11.3 Å². The topological polar surface area (TPSA) is 55.6 Å². The molecule has 5 heteroatoms. The summed E-state index contributed by atoms with van der Waals surface area (Å²) in [7, 11) is 1.81. The molecule has 0 fully saturated rings. The quantitative estimate of drug-likeness (QED) is 0.835. The minimum atomic E-state index is -0.0316. The van der Waals surface area contributed by atoms with E-state index in [1.807, 2.05) is 25.4 Å². The summed E-state index contributed by atoms with van der Waals surface area (Å²) < 4.78 is 5.49. The zero-order valence-electron chi connectivity index (χ0n) is 12.3. The number of amides is 1. The fraction of sp³-hybridized carbons (Fsp3) is 0.312. The molecular weight excluding hydrogens is 284 g/mol. The zero-order chi connectivity index (χ0) is 15.2. The lowest BCUT2D eigenvalue weighted by Crippen LogP contribution is -2.39. The van der Waals surface area contributed by atoms with Crippen molar-refractivity contribution < 1.29 is 9.53 Å². The molecule has 21 heavy (non-hydrogen) atoms. The summed E-state index contributed by atoms with van der Waals surface area (Å²) >= 11 is 1.71. The van der Waals surface area contributed by atoms with Crippen LogP contribution in [0.2, 0.25) is 0 Å². The van der Waals surface area contributed by atoms with Gasteiger partial charge in [-0.3, -0.25) is 4.79 Å². The van der Waals surface area contributed by atoms with Gasteiger partial charge in [-0.25, -0.2) is 0 Å². The summed E-state index contributed by atoms with van der Waals surface area (Å²) in [6.45, 7) is 2.08. The molecule has 1 aromatic carbocycles. The van der Waals surface area contributed by atoms with E-state index < -0.39 is 0 Å². The minimum Gasteiger partial charge on any atom is -0.484 e. The van der Waals surface area contributed by atoms with Crippen molar-refractivity contribution in [1.29, 1.82) is 0 Å². The van der Waals surface area contributed by atoms with Crippen LogP contribution in [0.5, 0.6) is 5.75 Å². The van der Waals surface area contributed by atoms with Crippen molar-refractivity contribution >= 4 is 22.9 Å². The van der Waals surface area contributed by atoms with E-state index in [1.54, 1.807) is 40.5 Å². The summed E-state index contributed by atoms with van der Waals surface area (Å²) in [5.74, 6) is 0.618. The van der Waals surface area contributed by atoms with Gasteiger partial charge in [0.05, 0.1) is 0 Å². The number of benzene rings is 1. The van der Waals surface area contributed by atoms with Gasteiger partial charge in [-0.05, 0) is 42.6 Å². The van der Waals surface area contributed by atoms with Crippen LogP contribution in [-0.2, 0) is 11.2 Å². The smallest absolute Gasteiger partial charge is 0.260 e. The molecule has 2 aromatic rings. The van der Waals surface area contributed by atoms with Crippen LogP contribution in [0.15, 0.2) is 41.8 Å². The number of rotatable bonds is 6. The molecule has 1 amide bonds. The third kappa shape index (κ3) is 4.49. The molecule has 0 aliphatic rings. The van der Waals surface area contributed by atoms with Crippen molar-refractivity contribution in [3.05, 3.63) is 46.7 Å². The van der Waals surface area contributed by atoms with E-state index in [4.69, 9.17) is 10.5 Å². The number of nitrogens with two attached hydrogens (primary N) is 1. The van der Waals surface area contributed by atoms with Crippen molar-refractivity contribution in [2.24, 2.45) is 0 Å². The Hall–Kier alpha value is -2.01. The van der Waals surface area contributed by atoms with Crippen molar-refractivity contribution in [2.45, 2.75) is 19.4 Å². The molecule has 1 heterocycles. The largest absolute Gasteiger partial charge is 0.484 e. The first-order valence-electron chi connectivity index (χ1n) is 6.82. The molecule has 0 saturated carbocycles. The zero-order valence-corrected chi connectivity index (χ0v) is 13.1. The lowest BCUT2D eigenvalue weighted by atomic mass is 10.2. The average Bonchev–Trinajstić information content (AvgIpc) is 2.98. The molecule has 2 N–H and O–H groups in total. The second-order valence-electron chi connectivity index (χ2n) is 4.99.